The molecule has 33 heavy (non-hydrogen) atoms. The van der Waals surface area contributed by atoms with Gasteiger partial charge in [0.15, 0.2) is 0 Å². The Morgan fingerprint density at radius 3 is 1.64 bits per heavy atom. The topological polar surface area (TPSA) is 79.7 Å². The van der Waals surface area contributed by atoms with Crippen LogP contribution in [0.2, 0.25) is 0 Å². The summed E-state index contributed by atoms with van der Waals surface area (Å²) in [5.41, 5.74) is 3.61. The van der Waals surface area contributed by atoms with Crippen LogP contribution in [0.5, 0.6) is 0 Å². The molecular formula is C28H25NO4. The molecule has 1 atom stereocenters. The van der Waals surface area contributed by atoms with E-state index in [9.17, 15) is 9.90 Å². The van der Waals surface area contributed by atoms with E-state index in [0.29, 0.717) is 0 Å². The molecule has 0 aliphatic rings. The third-order valence-corrected chi connectivity index (χ3v) is 5.64. The van der Waals surface area contributed by atoms with Gasteiger partial charge in [-0.2, -0.15) is 0 Å². The van der Waals surface area contributed by atoms with Crippen molar-refractivity contribution in [3.05, 3.63) is 137 Å². The molecule has 2 N–H and O–H groups in total. The van der Waals surface area contributed by atoms with Gasteiger partial charge in [-0.05, 0) is 28.3 Å². The van der Waals surface area contributed by atoms with E-state index < -0.39 is 24.1 Å². The van der Waals surface area contributed by atoms with Gasteiger partial charge < -0.3 is 14.9 Å². The van der Waals surface area contributed by atoms with Gasteiger partial charge in [0.2, 0.25) is 0 Å². The predicted octanol–water partition coefficient (Wildman–Crippen LogP) is 3.97. The number of benzene rings is 3. The zero-order valence-electron chi connectivity index (χ0n) is 18.0. The molecule has 0 amide bonds. The SMILES string of the molecule is O=C(OCC(O)CO)c1ccc(C(c2ccccc2)(c2ccccc2)c2ccccc2)cn1. The molecule has 0 fully saturated rings. The minimum atomic E-state index is -1.12. The largest absolute Gasteiger partial charge is 0.458 e. The van der Waals surface area contributed by atoms with Gasteiger partial charge in [-0.25, -0.2) is 9.78 Å². The van der Waals surface area contributed by atoms with Crippen LogP contribution in [-0.4, -0.2) is 40.5 Å². The minimum Gasteiger partial charge on any atom is -0.458 e. The number of carbonyl (C=O) groups excluding carboxylic acids is 1. The van der Waals surface area contributed by atoms with E-state index >= 15 is 0 Å². The summed E-state index contributed by atoms with van der Waals surface area (Å²) in [7, 11) is 0. The van der Waals surface area contributed by atoms with Crippen LogP contribution in [0.25, 0.3) is 0 Å². The normalized spacial score (nSPS) is 12.2. The highest BCUT2D eigenvalue weighted by Crippen LogP contribution is 2.44. The number of esters is 1. The van der Waals surface area contributed by atoms with Crippen LogP contribution in [-0.2, 0) is 10.2 Å². The number of ether oxygens (including phenoxy) is 1. The number of aromatic nitrogens is 1. The Balaban J connectivity index is 1.85. The smallest absolute Gasteiger partial charge is 0.357 e. The fraction of sp³-hybridized carbons (Fsp3) is 0.143. The first kappa shape index (κ1) is 22.4. The molecule has 5 heteroatoms. The molecule has 0 radical (unpaired) electrons. The van der Waals surface area contributed by atoms with Crippen LogP contribution in [0.3, 0.4) is 0 Å². The van der Waals surface area contributed by atoms with Crippen molar-refractivity contribution in [2.24, 2.45) is 0 Å². The number of hydrogen-bond acceptors (Lipinski definition) is 5. The summed E-state index contributed by atoms with van der Waals surface area (Å²) >= 11 is 0. The maximum atomic E-state index is 12.4. The number of aliphatic hydroxyl groups is 2. The van der Waals surface area contributed by atoms with E-state index in [4.69, 9.17) is 9.84 Å². The van der Waals surface area contributed by atoms with Crippen molar-refractivity contribution in [1.82, 2.24) is 4.98 Å². The summed E-state index contributed by atoms with van der Waals surface area (Å²) in [6, 6.07) is 34.2. The molecule has 0 aliphatic carbocycles. The second-order valence-electron chi connectivity index (χ2n) is 7.72. The Morgan fingerprint density at radius 1 is 0.758 bits per heavy atom. The van der Waals surface area contributed by atoms with Crippen LogP contribution < -0.4 is 0 Å². The molecule has 3 aromatic carbocycles. The average Bonchev–Trinajstić information content (AvgIpc) is 2.90. The van der Waals surface area contributed by atoms with Gasteiger partial charge in [0, 0.05) is 6.20 Å². The van der Waals surface area contributed by atoms with Crippen LogP contribution in [0.1, 0.15) is 32.7 Å². The summed E-state index contributed by atoms with van der Waals surface area (Å²) in [6.45, 7) is -0.770. The number of nitrogens with zero attached hydrogens (tertiary/aromatic N) is 1. The van der Waals surface area contributed by atoms with E-state index in [0.717, 1.165) is 22.3 Å². The molecular weight excluding hydrogens is 414 g/mol. The van der Waals surface area contributed by atoms with Gasteiger partial charge in [0.25, 0.3) is 0 Å². The highest BCUT2D eigenvalue weighted by atomic mass is 16.5. The molecule has 1 heterocycles. The van der Waals surface area contributed by atoms with Crippen LogP contribution in [0.4, 0.5) is 0 Å². The van der Waals surface area contributed by atoms with Gasteiger partial charge >= 0.3 is 5.97 Å². The molecule has 166 valence electrons. The standard InChI is InChI=1S/C28H25NO4/c30-19-25(31)20-33-27(32)26-17-16-24(18-29-26)28(21-10-4-1-5-11-21,22-12-6-2-7-13-22)23-14-8-3-9-15-23/h1-18,25,30-31H,19-20H2. The first-order chi connectivity index (χ1) is 16.2. The second kappa shape index (κ2) is 10.2. The molecule has 0 saturated carbocycles. The fourth-order valence-corrected chi connectivity index (χ4v) is 4.10. The Labute approximate surface area is 193 Å². The summed E-state index contributed by atoms with van der Waals surface area (Å²) in [4.78, 5) is 16.8. The Morgan fingerprint density at radius 2 is 1.24 bits per heavy atom. The van der Waals surface area contributed by atoms with Crippen molar-refractivity contribution < 1.29 is 19.7 Å². The van der Waals surface area contributed by atoms with E-state index in [2.05, 4.69) is 41.4 Å². The zero-order chi connectivity index (χ0) is 23.1. The quantitative estimate of drug-likeness (QED) is 0.321. The Hall–Kier alpha value is -3.80. The van der Waals surface area contributed by atoms with Gasteiger partial charge in [0.05, 0.1) is 12.0 Å². The number of carbonyl (C=O) groups is 1. The molecule has 0 saturated heterocycles. The summed E-state index contributed by atoms with van der Waals surface area (Å²) in [5, 5.41) is 18.3. The van der Waals surface area contributed by atoms with Crippen molar-refractivity contribution in [2.75, 3.05) is 13.2 Å². The molecule has 0 spiro atoms. The van der Waals surface area contributed by atoms with Crippen LogP contribution in [0.15, 0.2) is 109 Å². The minimum absolute atomic E-state index is 0.131. The number of hydrogen-bond donors (Lipinski definition) is 2. The monoisotopic (exact) mass is 439 g/mol. The number of aliphatic hydroxyl groups excluding tert-OH is 2. The third-order valence-electron chi connectivity index (χ3n) is 5.64. The van der Waals surface area contributed by atoms with Crippen LogP contribution in [0, 0.1) is 0 Å². The lowest BCUT2D eigenvalue weighted by atomic mass is 9.65. The van der Waals surface area contributed by atoms with Gasteiger partial charge in [-0.3, -0.25) is 0 Å². The predicted molar refractivity (Wildman–Crippen MR) is 126 cm³/mol. The Kier molecular flexibility index (Phi) is 6.93. The van der Waals surface area contributed by atoms with E-state index in [1.165, 1.54) is 0 Å². The van der Waals surface area contributed by atoms with Crippen molar-refractivity contribution in [3.63, 3.8) is 0 Å². The molecule has 5 nitrogen and oxygen atoms in total. The molecule has 4 aromatic rings. The first-order valence-electron chi connectivity index (χ1n) is 10.8. The van der Waals surface area contributed by atoms with Crippen molar-refractivity contribution in [1.29, 1.82) is 0 Å². The molecule has 4 rings (SSSR count). The molecule has 0 bridgehead atoms. The average molecular weight is 440 g/mol. The summed E-state index contributed by atoms with van der Waals surface area (Å²) in [5.74, 6) is -0.654. The maximum absolute atomic E-state index is 12.4. The lowest BCUT2D eigenvalue weighted by Crippen LogP contribution is -2.31. The van der Waals surface area contributed by atoms with E-state index in [-0.39, 0.29) is 12.3 Å². The third kappa shape index (κ3) is 4.55. The lowest BCUT2D eigenvalue weighted by Gasteiger charge is -2.36. The highest BCUT2D eigenvalue weighted by Gasteiger charge is 2.38. The molecule has 1 aromatic heterocycles. The fourth-order valence-electron chi connectivity index (χ4n) is 4.10. The van der Waals surface area contributed by atoms with E-state index in [1.54, 1.807) is 12.3 Å². The van der Waals surface area contributed by atoms with Gasteiger partial charge in [-0.1, -0.05) is 97.1 Å². The molecule has 1 unspecified atom stereocenters. The Bertz CT molecular complexity index is 1070. The van der Waals surface area contributed by atoms with Gasteiger partial charge in [0.1, 0.15) is 18.4 Å². The van der Waals surface area contributed by atoms with E-state index in [1.807, 2.05) is 60.7 Å². The highest BCUT2D eigenvalue weighted by molar-refractivity contribution is 5.87. The van der Waals surface area contributed by atoms with Crippen molar-refractivity contribution in [2.45, 2.75) is 11.5 Å². The lowest BCUT2D eigenvalue weighted by molar-refractivity contribution is 0.00888. The number of rotatable bonds is 8. The first-order valence-corrected chi connectivity index (χ1v) is 10.8. The number of pyridine rings is 1. The zero-order valence-corrected chi connectivity index (χ0v) is 18.0. The molecule has 0 aliphatic heterocycles. The summed E-state index contributed by atoms with van der Waals surface area (Å²) in [6.07, 6.45) is 0.585. The van der Waals surface area contributed by atoms with Crippen molar-refractivity contribution >= 4 is 5.97 Å². The maximum Gasteiger partial charge on any atom is 0.357 e. The van der Waals surface area contributed by atoms with Gasteiger partial charge in [-0.15, -0.1) is 0 Å². The second-order valence-corrected chi connectivity index (χ2v) is 7.72. The van der Waals surface area contributed by atoms with Crippen LogP contribution >= 0.6 is 0 Å². The summed E-state index contributed by atoms with van der Waals surface area (Å²) < 4.78 is 5.05. The van der Waals surface area contributed by atoms with Crippen molar-refractivity contribution in [3.8, 4) is 0 Å².